The molecule has 0 bridgehead atoms. The van der Waals surface area contributed by atoms with E-state index in [0.29, 0.717) is 6.61 Å². The molecule has 1 aromatic carbocycles. The van der Waals surface area contributed by atoms with E-state index in [1.54, 1.807) is 0 Å². The van der Waals surface area contributed by atoms with Gasteiger partial charge in [-0.25, -0.2) is 4.39 Å². The van der Waals surface area contributed by atoms with E-state index in [1.807, 2.05) is 13.8 Å². The Morgan fingerprint density at radius 2 is 2.05 bits per heavy atom. The van der Waals surface area contributed by atoms with Crippen LogP contribution in [0.2, 0.25) is 0 Å². The highest BCUT2D eigenvalue weighted by atomic mass is 19.1. The number of nitrogens with zero attached hydrogens (tertiary/aromatic N) is 1. The second kappa shape index (κ2) is 5.83. The molecule has 19 heavy (non-hydrogen) atoms. The van der Waals surface area contributed by atoms with Crippen LogP contribution in [0, 0.1) is 15.9 Å². The van der Waals surface area contributed by atoms with Gasteiger partial charge in [-0.2, -0.15) is 0 Å². The summed E-state index contributed by atoms with van der Waals surface area (Å²) in [7, 11) is 2.83. The van der Waals surface area contributed by atoms with Crippen LogP contribution in [-0.2, 0) is 4.74 Å². The maximum atomic E-state index is 13.8. The molecule has 1 rings (SSSR count). The van der Waals surface area contributed by atoms with Crippen molar-refractivity contribution in [3.05, 3.63) is 28.1 Å². The number of benzene rings is 1. The van der Waals surface area contributed by atoms with Gasteiger partial charge >= 0.3 is 5.69 Å². The summed E-state index contributed by atoms with van der Waals surface area (Å²) in [6, 6.07) is 2.11. The Hall–Kier alpha value is -1.89. The number of ether oxygens (including phenoxy) is 2. The topological polar surface area (TPSA) is 73.6 Å². The van der Waals surface area contributed by atoms with Crippen molar-refractivity contribution in [2.75, 3.05) is 26.1 Å². The molecule has 0 saturated heterocycles. The molecule has 0 saturated carbocycles. The third kappa shape index (κ3) is 3.78. The van der Waals surface area contributed by atoms with Gasteiger partial charge in [-0.15, -0.1) is 0 Å². The molecule has 106 valence electrons. The van der Waals surface area contributed by atoms with Crippen LogP contribution in [0.5, 0.6) is 5.75 Å². The predicted octanol–water partition coefficient (Wildman–Crippen LogP) is 2.58. The second-order valence-electron chi connectivity index (χ2n) is 4.70. The van der Waals surface area contributed by atoms with E-state index in [-0.39, 0.29) is 11.4 Å². The van der Waals surface area contributed by atoms with Crippen LogP contribution in [-0.4, -0.2) is 31.3 Å². The number of hydrogen-bond acceptors (Lipinski definition) is 5. The van der Waals surface area contributed by atoms with Crippen molar-refractivity contribution in [3.63, 3.8) is 0 Å². The fraction of sp³-hybridized carbons (Fsp3) is 0.500. The van der Waals surface area contributed by atoms with Crippen molar-refractivity contribution < 1.29 is 18.8 Å². The molecular formula is C12H17FN2O4. The van der Waals surface area contributed by atoms with Crippen molar-refractivity contribution in [1.82, 2.24) is 0 Å². The first-order valence-electron chi connectivity index (χ1n) is 5.60. The van der Waals surface area contributed by atoms with Crippen LogP contribution in [0.15, 0.2) is 12.1 Å². The molecule has 0 atom stereocenters. The van der Waals surface area contributed by atoms with Crippen molar-refractivity contribution >= 4 is 11.4 Å². The van der Waals surface area contributed by atoms with Gasteiger partial charge in [-0.3, -0.25) is 10.1 Å². The van der Waals surface area contributed by atoms with Crippen molar-refractivity contribution in [3.8, 4) is 5.75 Å². The summed E-state index contributed by atoms with van der Waals surface area (Å²) < 4.78 is 23.7. The van der Waals surface area contributed by atoms with Crippen LogP contribution in [0.1, 0.15) is 13.8 Å². The summed E-state index contributed by atoms with van der Waals surface area (Å²) in [5.41, 5.74) is -0.795. The molecule has 0 aliphatic rings. The molecular weight excluding hydrogens is 255 g/mol. The largest absolute Gasteiger partial charge is 0.490 e. The normalized spacial score (nSPS) is 11.2. The number of rotatable bonds is 6. The summed E-state index contributed by atoms with van der Waals surface area (Å²) in [5, 5.41) is 13.7. The Bertz CT molecular complexity index is 477. The summed E-state index contributed by atoms with van der Waals surface area (Å²) in [6.07, 6.45) is 0. The highest BCUT2D eigenvalue weighted by molar-refractivity contribution is 5.59. The first-order valence-corrected chi connectivity index (χ1v) is 5.60. The van der Waals surface area contributed by atoms with E-state index < -0.39 is 22.0 Å². The van der Waals surface area contributed by atoms with E-state index in [4.69, 9.17) is 9.47 Å². The molecule has 6 nitrogen and oxygen atoms in total. The molecule has 0 aliphatic carbocycles. The third-order valence-corrected chi connectivity index (χ3v) is 2.44. The van der Waals surface area contributed by atoms with E-state index >= 15 is 0 Å². The van der Waals surface area contributed by atoms with E-state index in [9.17, 15) is 14.5 Å². The van der Waals surface area contributed by atoms with Crippen molar-refractivity contribution in [2.24, 2.45) is 0 Å². The fourth-order valence-corrected chi connectivity index (χ4v) is 1.71. The molecule has 7 heteroatoms. The monoisotopic (exact) mass is 272 g/mol. The number of methoxy groups -OCH3 is 2. The lowest BCUT2D eigenvalue weighted by molar-refractivity contribution is -0.385. The van der Waals surface area contributed by atoms with Gasteiger partial charge < -0.3 is 14.8 Å². The quantitative estimate of drug-likeness (QED) is 0.636. The van der Waals surface area contributed by atoms with Crippen LogP contribution >= 0.6 is 0 Å². The lowest BCUT2D eigenvalue weighted by Crippen LogP contribution is -2.36. The number of anilines is 1. The third-order valence-electron chi connectivity index (χ3n) is 2.44. The Morgan fingerprint density at radius 3 is 2.53 bits per heavy atom. The minimum atomic E-state index is -0.711. The molecule has 0 aromatic heterocycles. The smallest absolute Gasteiger partial charge is 0.313 e. The van der Waals surface area contributed by atoms with Gasteiger partial charge in [-0.1, -0.05) is 0 Å². The fourth-order valence-electron chi connectivity index (χ4n) is 1.71. The molecule has 0 spiro atoms. The van der Waals surface area contributed by atoms with Gasteiger partial charge in [0.05, 0.1) is 35.9 Å². The summed E-state index contributed by atoms with van der Waals surface area (Å²) in [4.78, 5) is 10.1. The number of nitrogens with one attached hydrogen (secondary N) is 1. The molecule has 1 N–H and O–H groups in total. The van der Waals surface area contributed by atoms with Gasteiger partial charge in [0.2, 0.25) is 0 Å². The van der Waals surface area contributed by atoms with Crippen LogP contribution in [0.3, 0.4) is 0 Å². The predicted molar refractivity (Wildman–Crippen MR) is 69.2 cm³/mol. The van der Waals surface area contributed by atoms with Crippen LogP contribution in [0.25, 0.3) is 0 Å². The second-order valence-corrected chi connectivity index (χ2v) is 4.70. The van der Waals surface area contributed by atoms with E-state index in [1.165, 1.54) is 20.3 Å². The lowest BCUT2D eigenvalue weighted by Gasteiger charge is -2.27. The highest BCUT2D eigenvalue weighted by Gasteiger charge is 2.23. The number of nitro groups is 1. The zero-order valence-corrected chi connectivity index (χ0v) is 11.3. The standard InChI is InChI=1S/C12H17FN2O4/c1-12(2,7-18-3)14-9-6-11(19-4)10(15(16)17)5-8(9)13/h5-6,14H,7H2,1-4H3. The number of hydrogen-bond donors (Lipinski definition) is 1. The molecule has 0 fully saturated rings. The Balaban J connectivity index is 3.13. The van der Waals surface area contributed by atoms with Gasteiger partial charge in [0.15, 0.2) is 11.6 Å². The Labute approximate surface area is 110 Å². The van der Waals surface area contributed by atoms with Crippen LogP contribution < -0.4 is 10.1 Å². The Kier molecular flexibility index (Phi) is 4.66. The average Bonchev–Trinajstić information content (AvgIpc) is 2.30. The van der Waals surface area contributed by atoms with Gasteiger partial charge in [-0.05, 0) is 13.8 Å². The summed E-state index contributed by atoms with van der Waals surface area (Å²) in [6.45, 7) is 4.00. The highest BCUT2D eigenvalue weighted by Crippen LogP contribution is 2.33. The molecule has 0 unspecified atom stereocenters. The maximum absolute atomic E-state index is 13.8. The Morgan fingerprint density at radius 1 is 1.42 bits per heavy atom. The minimum absolute atomic E-state index is 0.00196. The summed E-state index contributed by atoms with van der Waals surface area (Å²) >= 11 is 0. The molecule has 0 radical (unpaired) electrons. The molecule has 1 aromatic rings. The number of nitro benzene ring substituents is 1. The molecule has 0 heterocycles. The lowest BCUT2D eigenvalue weighted by atomic mass is 10.1. The van der Waals surface area contributed by atoms with Crippen molar-refractivity contribution in [1.29, 1.82) is 0 Å². The first kappa shape index (κ1) is 15.2. The van der Waals surface area contributed by atoms with Gasteiger partial charge in [0.1, 0.15) is 0 Å². The van der Waals surface area contributed by atoms with Crippen molar-refractivity contribution in [2.45, 2.75) is 19.4 Å². The van der Waals surface area contributed by atoms with E-state index in [0.717, 1.165) is 6.07 Å². The molecule has 0 aliphatic heterocycles. The van der Waals surface area contributed by atoms with Crippen LogP contribution in [0.4, 0.5) is 15.8 Å². The molecule has 0 amide bonds. The van der Waals surface area contributed by atoms with E-state index in [2.05, 4.69) is 5.32 Å². The average molecular weight is 272 g/mol. The van der Waals surface area contributed by atoms with Gasteiger partial charge in [0, 0.05) is 13.2 Å². The first-order chi connectivity index (χ1) is 8.80. The zero-order valence-electron chi connectivity index (χ0n) is 11.3. The number of halogens is 1. The SMILES string of the molecule is COCC(C)(C)Nc1cc(OC)c([N+](=O)[O-])cc1F. The maximum Gasteiger partial charge on any atom is 0.313 e. The minimum Gasteiger partial charge on any atom is -0.490 e. The van der Waals surface area contributed by atoms with Gasteiger partial charge in [0.25, 0.3) is 0 Å². The summed E-state index contributed by atoms with van der Waals surface area (Å²) in [5.74, 6) is -0.709. The zero-order chi connectivity index (χ0) is 14.6.